The van der Waals surface area contributed by atoms with Gasteiger partial charge in [-0.1, -0.05) is 41.7 Å². The number of phenols is 1. The fourth-order valence-electron chi connectivity index (χ4n) is 1.87. The van der Waals surface area contributed by atoms with Gasteiger partial charge in [0.2, 0.25) is 0 Å². The number of rotatable bonds is 1. The Labute approximate surface area is 102 Å². The van der Waals surface area contributed by atoms with Gasteiger partial charge in [-0.2, -0.15) is 0 Å². The van der Waals surface area contributed by atoms with Gasteiger partial charge in [0.1, 0.15) is 5.75 Å². The fraction of sp³-hybridized carbons (Fsp3) is 0. The summed E-state index contributed by atoms with van der Waals surface area (Å²) in [6, 6.07) is 13.3. The molecule has 0 unspecified atom stereocenters. The molecule has 0 aliphatic heterocycles. The first-order chi connectivity index (χ1) is 8.24. The van der Waals surface area contributed by atoms with E-state index in [-0.39, 0.29) is 5.75 Å². The molecule has 17 heavy (non-hydrogen) atoms. The number of anilines is 1. The van der Waals surface area contributed by atoms with Crippen molar-refractivity contribution in [2.75, 3.05) is 5.73 Å². The van der Waals surface area contributed by atoms with E-state index in [1.807, 2.05) is 30.3 Å². The first-order valence-electron chi connectivity index (χ1n) is 5.18. The molecule has 84 valence electrons. The van der Waals surface area contributed by atoms with Gasteiger partial charge in [0.25, 0.3) is 0 Å². The first kappa shape index (κ1) is 10.1. The van der Waals surface area contributed by atoms with Crippen molar-refractivity contribution in [3.8, 4) is 16.9 Å². The molecule has 0 saturated carbocycles. The van der Waals surface area contributed by atoms with Gasteiger partial charge in [0, 0.05) is 5.56 Å². The lowest BCUT2D eigenvalue weighted by atomic mass is 10.0. The topological polar surface area (TPSA) is 59.1 Å². The highest BCUT2D eigenvalue weighted by atomic mass is 32.1. The van der Waals surface area contributed by atoms with Gasteiger partial charge in [0.05, 0.1) is 10.2 Å². The van der Waals surface area contributed by atoms with Crippen LogP contribution in [-0.2, 0) is 0 Å². The van der Waals surface area contributed by atoms with E-state index in [9.17, 15) is 5.11 Å². The fourth-order valence-corrected chi connectivity index (χ4v) is 2.66. The minimum atomic E-state index is 0.236. The molecule has 0 saturated heterocycles. The molecule has 1 heterocycles. The number of aromatic nitrogens is 1. The number of nitrogen functional groups attached to an aromatic ring is 1. The van der Waals surface area contributed by atoms with Crippen molar-refractivity contribution in [2.45, 2.75) is 0 Å². The van der Waals surface area contributed by atoms with Crippen LogP contribution in [0.25, 0.3) is 21.3 Å². The maximum Gasteiger partial charge on any atom is 0.181 e. The quantitative estimate of drug-likeness (QED) is 0.688. The highest BCUT2D eigenvalue weighted by Crippen LogP contribution is 2.35. The zero-order chi connectivity index (χ0) is 11.8. The predicted octanol–water partition coefficient (Wildman–Crippen LogP) is 3.25. The molecule has 0 atom stereocenters. The van der Waals surface area contributed by atoms with Crippen LogP contribution >= 0.6 is 11.3 Å². The number of hydrogen-bond acceptors (Lipinski definition) is 4. The van der Waals surface area contributed by atoms with Crippen LogP contribution in [0.2, 0.25) is 0 Å². The van der Waals surface area contributed by atoms with Crippen molar-refractivity contribution in [1.82, 2.24) is 4.98 Å². The highest BCUT2D eigenvalue weighted by Gasteiger charge is 2.10. The molecular weight excluding hydrogens is 232 g/mol. The molecule has 3 nitrogen and oxygen atoms in total. The molecule has 3 aromatic rings. The van der Waals surface area contributed by atoms with E-state index in [2.05, 4.69) is 4.98 Å². The molecule has 0 aliphatic rings. The van der Waals surface area contributed by atoms with Gasteiger partial charge in [-0.05, 0) is 17.7 Å². The molecule has 3 rings (SSSR count). The SMILES string of the molecule is Nc1nc2c(-c3ccccc3)cc(O)cc2s1. The molecular formula is C13H10N2OS. The summed E-state index contributed by atoms with van der Waals surface area (Å²) in [5.74, 6) is 0.236. The van der Waals surface area contributed by atoms with E-state index < -0.39 is 0 Å². The van der Waals surface area contributed by atoms with Crippen molar-refractivity contribution in [3.63, 3.8) is 0 Å². The second kappa shape index (κ2) is 3.75. The molecule has 0 amide bonds. The third-order valence-corrected chi connectivity index (χ3v) is 3.41. The second-order valence-corrected chi connectivity index (χ2v) is 4.82. The lowest BCUT2D eigenvalue weighted by Crippen LogP contribution is -1.83. The van der Waals surface area contributed by atoms with Gasteiger partial charge < -0.3 is 10.8 Å². The zero-order valence-corrected chi connectivity index (χ0v) is 9.74. The zero-order valence-electron chi connectivity index (χ0n) is 8.92. The summed E-state index contributed by atoms with van der Waals surface area (Å²) >= 11 is 1.38. The molecule has 4 heteroatoms. The van der Waals surface area contributed by atoms with Crippen LogP contribution in [0.5, 0.6) is 5.75 Å². The van der Waals surface area contributed by atoms with E-state index in [1.165, 1.54) is 11.3 Å². The van der Waals surface area contributed by atoms with E-state index in [0.29, 0.717) is 5.13 Å². The number of nitrogens with zero attached hydrogens (tertiary/aromatic N) is 1. The number of phenolic OH excluding ortho intramolecular Hbond substituents is 1. The molecule has 0 spiro atoms. The molecule has 0 bridgehead atoms. The van der Waals surface area contributed by atoms with Crippen LogP contribution in [-0.4, -0.2) is 10.1 Å². The van der Waals surface area contributed by atoms with Gasteiger partial charge in [-0.25, -0.2) is 4.98 Å². The lowest BCUT2D eigenvalue weighted by Gasteiger charge is -2.03. The maximum absolute atomic E-state index is 9.72. The second-order valence-electron chi connectivity index (χ2n) is 3.76. The lowest BCUT2D eigenvalue weighted by molar-refractivity contribution is 0.476. The number of thiazole rings is 1. The largest absolute Gasteiger partial charge is 0.508 e. The minimum Gasteiger partial charge on any atom is -0.508 e. The Morgan fingerprint density at radius 1 is 1.12 bits per heavy atom. The number of fused-ring (bicyclic) bond motifs is 1. The van der Waals surface area contributed by atoms with Crippen molar-refractivity contribution >= 4 is 26.7 Å². The summed E-state index contributed by atoms with van der Waals surface area (Å²) in [5, 5.41) is 10.2. The van der Waals surface area contributed by atoms with Crippen LogP contribution in [0.1, 0.15) is 0 Å². The van der Waals surface area contributed by atoms with Crippen molar-refractivity contribution in [2.24, 2.45) is 0 Å². The molecule has 3 N–H and O–H groups in total. The summed E-state index contributed by atoms with van der Waals surface area (Å²) in [6.07, 6.45) is 0. The van der Waals surface area contributed by atoms with Gasteiger partial charge >= 0.3 is 0 Å². The molecule has 0 aliphatic carbocycles. The number of aromatic hydroxyl groups is 1. The van der Waals surface area contributed by atoms with E-state index in [4.69, 9.17) is 5.73 Å². The monoisotopic (exact) mass is 242 g/mol. The van der Waals surface area contributed by atoms with Crippen LogP contribution in [0.15, 0.2) is 42.5 Å². The highest BCUT2D eigenvalue weighted by molar-refractivity contribution is 7.22. The summed E-state index contributed by atoms with van der Waals surface area (Å²) in [7, 11) is 0. The first-order valence-corrected chi connectivity index (χ1v) is 6.00. The molecule has 0 fully saturated rings. The standard InChI is InChI=1S/C13H10N2OS/c14-13-15-12-10(8-4-2-1-3-5-8)6-9(16)7-11(12)17-13/h1-7,16H,(H2,14,15). The molecule has 2 aromatic carbocycles. The number of benzene rings is 2. The van der Waals surface area contributed by atoms with E-state index >= 15 is 0 Å². The average Bonchev–Trinajstić information content (AvgIpc) is 2.69. The van der Waals surface area contributed by atoms with Crippen LogP contribution < -0.4 is 5.73 Å². The van der Waals surface area contributed by atoms with Crippen molar-refractivity contribution < 1.29 is 5.11 Å². The Hall–Kier alpha value is -2.07. The number of nitrogens with two attached hydrogens (primary N) is 1. The third-order valence-electron chi connectivity index (χ3n) is 2.58. The van der Waals surface area contributed by atoms with Crippen LogP contribution in [0.3, 0.4) is 0 Å². The molecule has 1 aromatic heterocycles. The van der Waals surface area contributed by atoms with Crippen molar-refractivity contribution in [3.05, 3.63) is 42.5 Å². The van der Waals surface area contributed by atoms with Gasteiger partial charge in [-0.3, -0.25) is 0 Å². The summed E-state index contributed by atoms with van der Waals surface area (Å²) < 4.78 is 0.904. The number of hydrogen-bond donors (Lipinski definition) is 2. The minimum absolute atomic E-state index is 0.236. The van der Waals surface area contributed by atoms with Crippen LogP contribution in [0, 0.1) is 0 Å². The maximum atomic E-state index is 9.72. The Morgan fingerprint density at radius 3 is 2.65 bits per heavy atom. The molecule has 0 radical (unpaired) electrons. The van der Waals surface area contributed by atoms with Crippen LogP contribution in [0.4, 0.5) is 5.13 Å². The Balaban J connectivity index is 2.35. The Kier molecular flexibility index (Phi) is 2.23. The smallest absolute Gasteiger partial charge is 0.181 e. The van der Waals surface area contributed by atoms with E-state index in [0.717, 1.165) is 21.3 Å². The third kappa shape index (κ3) is 1.72. The Morgan fingerprint density at radius 2 is 1.88 bits per heavy atom. The van der Waals surface area contributed by atoms with E-state index in [1.54, 1.807) is 12.1 Å². The van der Waals surface area contributed by atoms with Gasteiger partial charge in [-0.15, -0.1) is 0 Å². The average molecular weight is 242 g/mol. The van der Waals surface area contributed by atoms with Crippen molar-refractivity contribution in [1.29, 1.82) is 0 Å². The summed E-state index contributed by atoms with van der Waals surface area (Å²) in [4.78, 5) is 4.32. The van der Waals surface area contributed by atoms with Gasteiger partial charge in [0.15, 0.2) is 5.13 Å². The summed E-state index contributed by atoms with van der Waals surface area (Å²) in [6.45, 7) is 0. The summed E-state index contributed by atoms with van der Waals surface area (Å²) in [5.41, 5.74) is 8.49. The Bertz CT molecular complexity index is 676. The predicted molar refractivity (Wildman–Crippen MR) is 71.1 cm³/mol. The normalized spacial score (nSPS) is 10.8.